The van der Waals surface area contributed by atoms with Crippen LogP contribution in [0, 0.1) is 10.1 Å². The van der Waals surface area contributed by atoms with Gasteiger partial charge >= 0.3 is 0 Å². The van der Waals surface area contributed by atoms with Gasteiger partial charge < -0.3 is 19.5 Å². The number of piperazine rings is 1. The van der Waals surface area contributed by atoms with E-state index < -0.39 is 4.92 Å². The summed E-state index contributed by atoms with van der Waals surface area (Å²) in [4.78, 5) is 27.7. The second-order valence-electron chi connectivity index (χ2n) is 7.64. The number of nitro benzene ring substituents is 1. The minimum Gasteiger partial charge on any atom is -0.456 e. The summed E-state index contributed by atoms with van der Waals surface area (Å²) in [6, 6.07) is 17.5. The number of para-hydroxylation sites is 1. The number of amides is 1. The van der Waals surface area contributed by atoms with Crippen LogP contribution < -0.4 is 10.2 Å². The molecule has 0 bridgehead atoms. The second-order valence-corrected chi connectivity index (χ2v) is 7.64. The summed E-state index contributed by atoms with van der Waals surface area (Å²) in [5.74, 6) is 0.511. The number of nitrogens with one attached hydrogen (secondary N) is 1. The number of rotatable bonds is 6. The molecule has 0 spiro atoms. The first-order valence-electron chi connectivity index (χ1n) is 10.4. The zero-order chi connectivity index (χ0) is 22.5. The van der Waals surface area contributed by atoms with Gasteiger partial charge in [0.15, 0.2) is 0 Å². The van der Waals surface area contributed by atoms with E-state index in [1.807, 2.05) is 24.3 Å². The molecule has 2 aromatic carbocycles. The summed E-state index contributed by atoms with van der Waals surface area (Å²) in [6.07, 6.45) is 2.91. The molecular formula is C24H24N4O4. The van der Waals surface area contributed by atoms with E-state index in [2.05, 4.69) is 22.2 Å². The van der Waals surface area contributed by atoms with Crippen LogP contribution in [0.1, 0.15) is 5.76 Å². The molecule has 8 nitrogen and oxygen atoms in total. The highest BCUT2D eigenvalue weighted by atomic mass is 16.6. The van der Waals surface area contributed by atoms with Gasteiger partial charge in [-0.1, -0.05) is 12.1 Å². The number of benzene rings is 2. The van der Waals surface area contributed by atoms with Gasteiger partial charge in [0.2, 0.25) is 5.91 Å². The lowest BCUT2D eigenvalue weighted by Crippen LogP contribution is -2.44. The van der Waals surface area contributed by atoms with Crippen LogP contribution in [0.3, 0.4) is 0 Å². The Morgan fingerprint density at radius 3 is 2.47 bits per heavy atom. The summed E-state index contributed by atoms with van der Waals surface area (Å²) in [6.45, 7) is 4.05. The van der Waals surface area contributed by atoms with Gasteiger partial charge in [0.25, 0.3) is 5.69 Å². The van der Waals surface area contributed by atoms with Crippen molar-refractivity contribution in [3.63, 3.8) is 0 Å². The van der Waals surface area contributed by atoms with Crippen molar-refractivity contribution >= 4 is 29.0 Å². The molecule has 2 heterocycles. The number of hydrogen-bond donors (Lipinski definition) is 1. The van der Waals surface area contributed by atoms with Gasteiger partial charge in [-0.05, 0) is 55.6 Å². The first-order valence-corrected chi connectivity index (χ1v) is 10.4. The third kappa shape index (κ3) is 5.04. The van der Waals surface area contributed by atoms with E-state index in [1.54, 1.807) is 30.3 Å². The van der Waals surface area contributed by atoms with Crippen molar-refractivity contribution in [3.05, 3.63) is 82.6 Å². The van der Waals surface area contributed by atoms with Crippen LogP contribution in [0.4, 0.5) is 17.1 Å². The van der Waals surface area contributed by atoms with Gasteiger partial charge in [0.1, 0.15) is 11.5 Å². The van der Waals surface area contributed by atoms with Crippen molar-refractivity contribution in [2.45, 2.75) is 0 Å². The topological polar surface area (TPSA) is 91.9 Å². The Labute approximate surface area is 185 Å². The summed E-state index contributed by atoms with van der Waals surface area (Å²) in [7, 11) is 2.12. The summed E-state index contributed by atoms with van der Waals surface area (Å²) in [5, 5.41) is 14.0. The highest BCUT2D eigenvalue weighted by Gasteiger charge is 2.17. The second kappa shape index (κ2) is 9.49. The molecule has 32 heavy (non-hydrogen) atoms. The van der Waals surface area contributed by atoms with Crippen LogP contribution in [0.2, 0.25) is 0 Å². The van der Waals surface area contributed by atoms with E-state index in [0.29, 0.717) is 22.8 Å². The fourth-order valence-electron chi connectivity index (χ4n) is 3.59. The van der Waals surface area contributed by atoms with Crippen LogP contribution in [0.5, 0.6) is 0 Å². The summed E-state index contributed by atoms with van der Waals surface area (Å²) >= 11 is 0. The van der Waals surface area contributed by atoms with Gasteiger partial charge in [-0.15, -0.1) is 0 Å². The zero-order valence-corrected chi connectivity index (χ0v) is 17.7. The number of likely N-dealkylation sites (N-methyl/N-ethyl adjacent to an activating group) is 1. The van der Waals surface area contributed by atoms with E-state index in [4.69, 9.17) is 4.42 Å². The fraction of sp³-hybridized carbons (Fsp3) is 0.208. The molecule has 0 saturated carbocycles. The molecule has 1 fully saturated rings. The lowest BCUT2D eigenvalue weighted by molar-refractivity contribution is -0.384. The predicted octanol–water partition coefficient (Wildman–Crippen LogP) is 4.26. The highest BCUT2D eigenvalue weighted by molar-refractivity contribution is 6.01. The van der Waals surface area contributed by atoms with Crippen LogP contribution in [0.15, 0.2) is 71.2 Å². The van der Waals surface area contributed by atoms with E-state index in [1.165, 1.54) is 18.2 Å². The Kier molecular flexibility index (Phi) is 6.32. The third-order valence-corrected chi connectivity index (χ3v) is 5.40. The SMILES string of the molecule is CN1CCN(c2ccc(NC(=O)/C=C/c3ccc(-c4ccccc4[N+](=O)[O-])o3)cc2)CC1. The zero-order valence-electron chi connectivity index (χ0n) is 17.7. The summed E-state index contributed by atoms with van der Waals surface area (Å²) < 4.78 is 5.67. The quantitative estimate of drug-likeness (QED) is 0.356. The monoisotopic (exact) mass is 432 g/mol. The van der Waals surface area contributed by atoms with Crippen LogP contribution in [-0.4, -0.2) is 49.0 Å². The molecule has 3 aromatic rings. The van der Waals surface area contributed by atoms with Gasteiger partial charge in [-0.2, -0.15) is 0 Å². The van der Waals surface area contributed by atoms with Crippen LogP contribution in [0.25, 0.3) is 17.4 Å². The Balaban J connectivity index is 1.37. The van der Waals surface area contributed by atoms with E-state index in [0.717, 1.165) is 31.9 Å². The highest BCUT2D eigenvalue weighted by Crippen LogP contribution is 2.31. The molecule has 0 aliphatic carbocycles. The Morgan fingerprint density at radius 1 is 1.03 bits per heavy atom. The number of carbonyl (C=O) groups excluding carboxylic acids is 1. The molecular weight excluding hydrogens is 408 g/mol. The normalized spacial score (nSPS) is 14.6. The minimum atomic E-state index is -0.449. The molecule has 0 radical (unpaired) electrons. The number of nitrogens with zero attached hydrogens (tertiary/aromatic N) is 3. The van der Waals surface area contributed by atoms with Crippen LogP contribution in [-0.2, 0) is 4.79 Å². The lowest BCUT2D eigenvalue weighted by Gasteiger charge is -2.34. The molecule has 1 aromatic heterocycles. The molecule has 0 unspecified atom stereocenters. The van der Waals surface area contributed by atoms with Gasteiger partial charge in [0.05, 0.1) is 10.5 Å². The largest absolute Gasteiger partial charge is 0.456 e. The summed E-state index contributed by atoms with van der Waals surface area (Å²) in [5.41, 5.74) is 2.21. The van der Waals surface area contributed by atoms with Crippen molar-refractivity contribution in [1.82, 2.24) is 4.90 Å². The minimum absolute atomic E-state index is 0.0323. The molecule has 4 rings (SSSR count). The van der Waals surface area contributed by atoms with Gasteiger partial charge in [0, 0.05) is 49.7 Å². The van der Waals surface area contributed by atoms with Gasteiger partial charge in [-0.3, -0.25) is 14.9 Å². The molecule has 164 valence electrons. The molecule has 1 amide bonds. The Morgan fingerprint density at radius 2 is 1.75 bits per heavy atom. The van der Waals surface area contributed by atoms with Crippen LogP contribution >= 0.6 is 0 Å². The van der Waals surface area contributed by atoms with Crippen molar-refractivity contribution in [2.75, 3.05) is 43.4 Å². The number of nitro groups is 1. The smallest absolute Gasteiger partial charge is 0.280 e. The average Bonchev–Trinajstić information content (AvgIpc) is 3.28. The molecule has 1 aliphatic rings. The number of anilines is 2. The number of carbonyl (C=O) groups is 1. The van der Waals surface area contributed by atoms with Crippen molar-refractivity contribution in [3.8, 4) is 11.3 Å². The van der Waals surface area contributed by atoms with Crippen molar-refractivity contribution in [2.24, 2.45) is 0 Å². The molecule has 8 heteroatoms. The Bertz CT molecular complexity index is 1130. The fourth-order valence-corrected chi connectivity index (χ4v) is 3.59. The standard InChI is InChI=1S/C24H24N4O4/c1-26-14-16-27(17-15-26)19-8-6-18(7-9-19)25-24(29)13-11-20-10-12-23(32-20)21-4-2-3-5-22(21)28(30)31/h2-13H,14-17H2,1H3,(H,25,29)/b13-11+. The first-order chi connectivity index (χ1) is 15.5. The number of hydrogen-bond acceptors (Lipinski definition) is 6. The van der Waals surface area contributed by atoms with Crippen molar-refractivity contribution in [1.29, 1.82) is 0 Å². The van der Waals surface area contributed by atoms with E-state index in [9.17, 15) is 14.9 Å². The molecule has 0 atom stereocenters. The average molecular weight is 432 g/mol. The molecule has 1 saturated heterocycles. The Hall–Kier alpha value is -3.91. The number of furan rings is 1. The first kappa shape index (κ1) is 21.3. The predicted molar refractivity (Wildman–Crippen MR) is 125 cm³/mol. The molecule has 1 N–H and O–H groups in total. The van der Waals surface area contributed by atoms with E-state index >= 15 is 0 Å². The lowest BCUT2D eigenvalue weighted by atomic mass is 10.1. The van der Waals surface area contributed by atoms with Gasteiger partial charge in [-0.25, -0.2) is 0 Å². The molecule has 1 aliphatic heterocycles. The maximum absolute atomic E-state index is 12.3. The third-order valence-electron chi connectivity index (χ3n) is 5.40. The van der Waals surface area contributed by atoms with E-state index in [-0.39, 0.29) is 11.6 Å². The van der Waals surface area contributed by atoms with Crippen molar-refractivity contribution < 1.29 is 14.1 Å². The maximum atomic E-state index is 12.3. The maximum Gasteiger partial charge on any atom is 0.280 e.